The smallest absolute Gasteiger partial charge is 0.233 e. The maximum absolute atomic E-state index is 5.51. The van der Waals surface area contributed by atoms with Crippen molar-refractivity contribution in [3.05, 3.63) is 11.7 Å². The van der Waals surface area contributed by atoms with Crippen LogP contribution in [0.4, 0.5) is 0 Å². The van der Waals surface area contributed by atoms with Gasteiger partial charge in [0.05, 0.1) is 12.5 Å². The molecule has 0 spiro atoms. The molecule has 3 unspecified atom stereocenters. The first-order chi connectivity index (χ1) is 9.30. The molecule has 1 saturated heterocycles. The van der Waals surface area contributed by atoms with Gasteiger partial charge in [0.2, 0.25) is 11.7 Å². The lowest BCUT2D eigenvalue weighted by Gasteiger charge is -2.28. The van der Waals surface area contributed by atoms with Gasteiger partial charge in [-0.15, -0.1) is 0 Å². The number of nitrogens with zero attached hydrogens (tertiary/aromatic N) is 2. The van der Waals surface area contributed by atoms with Crippen LogP contribution in [-0.2, 0) is 9.47 Å². The molecule has 2 rings (SSSR count). The Morgan fingerprint density at radius 3 is 3.05 bits per heavy atom. The highest BCUT2D eigenvalue weighted by Gasteiger charge is 2.31. The summed E-state index contributed by atoms with van der Waals surface area (Å²) in [5.41, 5.74) is 0. The lowest BCUT2D eigenvalue weighted by Crippen LogP contribution is -2.39. The third-order valence-electron chi connectivity index (χ3n) is 3.63. The Kier molecular flexibility index (Phi) is 5.30. The predicted molar refractivity (Wildman–Crippen MR) is 70.0 cm³/mol. The summed E-state index contributed by atoms with van der Waals surface area (Å²) in [5, 5.41) is 7.35. The van der Waals surface area contributed by atoms with Gasteiger partial charge in [-0.1, -0.05) is 18.5 Å². The molecule has 108 valence electrons. The Balaban J connectivity index is 2.10. The van der Waals surface area contributed by atoms with Gasteiger partial charge in [-0.3, -0.25) is 0 Å². The normalized spacial score (nSPS) is 25.4. The van der Waals surface area contributed by atoms with Gasteiger partial charge in [-0.25, -0.2) is 0 Å². The second-order valence-corrected chi connectivity index (χ2v) is 4.87. The van der Waals surface area contributed by atoms with E-state index in [0.29, 0.717) is 24.4 Å². The van der Waals surface area contributed by atoms with E-state index in [-0.39, 0.29) is 12.0 Å². The van der Waals surface area contributed by atoms with Crippen molar-refractivity contribution < 1.29 is 14.0 Å². The molecule has 2 heterocycles. The first kappa shape index (κ1) is 14.4. The van der Waals surface area contributed by atoms with E-state index in [4.69, 9.17) is 14.0 Å². The lowest BCUT2D eigenvalue weighted by molar-refractivity contribution is 0.0516. The zero-order valence-corrected chi connectivity index (χ0v) is 11.9. The number of methoxy groups -OCH3 is 1. The van der Waals surface area contributed by atoms with Gasteiger partial charge < -0.3 is 19.3 Å². The molecule has 1 aliphatic rings. The summed E-state index contributed by atoms with van der Waals surface area (Å²) >= 11 is 0. The fourth-order valence-corrected chi connectivity index (χ4v) is 2.47. The van der Waals surface area contributed by atoms with Crippen molar-refractivity contribution >= 4 is 0 Å². The first-order valence-electron chi connectivity index (χ1n) is 6.91. The zero-order valence-electron chi connectivity index (χ0n) is 11.9. The Hall–Kier alpha value is -0.980. The fraction of sp³-hybridized carbons (Fsp3) is 0.846. The maximum Gasteiger partial charge on any atom is 0.233 e. The molecule has 1 aliphatic heterocycles. The van der Waals surface area contributed by atoms with Crippen LogP contribution in [0.2, 0.25) is 0 Å². The van der Waals surface area contributed by atoms with Crippen molar-refractivity contribution in [1.29, 1.82) is 0 Å². The minimum Gasteiger partial charge on any atom is -0.381 e. The molecule has 1 aromatic rings. The monoisotopic (exact) mass is 269 g/mol. The summed E-state index contributed by atoms with van der Waals surface area (Å²) < 4.78 is 16.3. The summed E-state index contributed by atoms with van der Waals surface area (Å²) in [6, 6.07) is 0.328. The average molecular weight is 269 g/mol. The molecule has 0 aliphatic carbocycles. The predicted octanol–water partition coefficient (Wildman–Crippen LogP) is 1.65. The van der Waals surface area contributed by atoms with Crippen LogP contribution >= 0.6 is 0 Å². The Bertz CT molecular complexity index is 383. The number of rotatable bonds is 6. The molecule has 19 heavy (non-hydrogen) atoms. The Morgan fingerprint density at radius 1 is 1.53 bits per heavy atom. The summed E-state index contributed by atoms with van der Waals surface area (Å²) in [6.07, 6.45) is 2.79. The van der Waals surface area contributed by atoms with E-state index in [1.807, 2.05) is 7.05 Å². The van der Waals surface area contributed by atoms with Gasteiger partial charge in [0, 0.05) is 19.8 Å². The molecule has 0 amide bonds. The summed E-state index contributed by atoms with van der Waals surface area (Å²) in [7, 11) is 3.63. The van der Waals surface area contributed by atoms with E-state index in [1.165, 1.54) is 0 Å². The van der Waals surface area contributed by atoms with Gasteiger partial charge in [0.25, 0.3) is 0 Å². The number of hydrogen-bond donors (Lipinski definition) is 1. The highest BCUT2D eigenvalue weighted by Crippen LogP contribution is 2.27. The molecule has 0 bridgehead atoms. The van der Waals surface area contributed by atoms with E-state index in [0.717, 1.165) is 25.9 Å². The molecule has 0 saturated carbocycles. The summed E-state index contributed by atoms with van der Waals surface area (Å²) in [6.45, 7) is 3.51. The summed E-state index contributed by atoms with van der Waals surface area (Å²) in [5.74, 6) is 1.41. The molecule has 1 aromatic heterocycles. The number of likely N-dealkylation sites (N-methyl/N-ethyl adjacent to an activating group) is 1. The molecule has 1 N–H and O–H groups in total. The standard InChI is InChI=1S/C13H23N3O3/c1-4-5-11(17-3)12-15-13(19-16-12)9-8-18-7-6-10(9)14-2/h9-11,14H,4-8H2,1-3H3. The minimum atomic E-state index is -0.0833. The van der Waals surface area contributed by atoms with Crippen LogP contribution < -0.4 is 5.32 Å². The zero-order chi connectivity index (χ0) is 13.7. The highest BCUT2D eigenvalue weighted by atomic mass is 16.5. The average Bonchev–Trinajstić information content (AvgIpc) is 2.94. The lowest BCUT2D eigenvalue weighted by atomic mass is 9.96. The number of aromatic nitrogens is 2. The first-order valence-corrected chi connectivity index (χ1v) is 6.91. The molecule has 0 aromatic carbocycles. The van der Waals surface area contributed by atoms with Crippen LogP contribution in [-0.4, -0.2) is 43.6 Å². The number of hydrogen-bond acceptors (Lipinski definition) is 6. The van der Waals surface area contributed by atoms with Crippen LogP contribution in [0.5, 0.6) is 0 Å². The van der Waals surface area contributed by atoms with E-state index in [1.54, 1.807) is 7.11 Å². The summed E-state index contributed by atoms with van der Waals surface area (Å²) in [4.78, 5) is 4.50. The maximum atomic E-state index is 5.51. The van der Waals surface area contributed by atoms with Gasteiger partial charge in [-0.05, 0) is 19.9 Å². The van der Waals surface area contributed by atoms with Crippen molar-refractivity contribution in [3.8, 4) is 0 Å². The van der Waals surface area contributed by atoms with Crippen molar-refractivity contribution in [1.82, 2.24) is 15.5 Å². The number of ether oxygens (including phenoxy) is 2. The van der Waals surface area contributed by atoms with Crippen molar-refractivity contribution in [3.63, 3.8) is 0 Å². The van der Waals surface area contributed by atoms with E-state index < -0.39 is 0 Å². The molecule has 0 radical (unpaired) electrons. The topological polar surface area (TPSA) is 69.4 Å². The van der Waals surface area contributed by atoms with Crippen LogP contribution in [0, 0.1) is 0 Å². The second kappa shape index (κ2) is 6.98. The van der Waals surface area contributed by atoms with Crippen LogP contribution in [0.15, 0.2) is 4.52 Å². The molecule has 3 atom stereocenters. The molecule has 6 heteroatoms. The molecular weight excluding hydrogens is 246 g/mol. The van der Waals surface area contributed by atoms with Gasteiger partial charge >= 0.3 is 0 Å². The van der Waals surface area contributed by atoms with Crippen LogP contribution in [0.3, 0.4) is 0 Å². The van der Waals surface area contributed by atoms with Crippen molar-refractivity contribution in [2.75, 3.05) is 27.4 Å². The number of nitrogens with one attached hydrogen (secondary N) is 1. The van der Waals surface area contributed by atoms with Gasteiger partial charge in [0.15, 0.2) is 0 Å². The van der Waals surface area contributed by atoms with Gasteiger partial charge in [0.1, 0.15) is 6.10 Å². The van der Waals surface area contributed by atoms with E-state index in [2.05, 4.69) is 22.4 Å². The molecular formula is C13H23N3O3. The quantitative estimate of drug-likeness (QED) is 0.847. The second-order valence-electron chi connectivity index (χ2n) is 4.87. The molecule has 6 nitrogen and oxygen atoms in total. The van der Waals surface area contributed by atoms with E-state index >= 15 is 0 Å². The molecule has 1 fully saturated rings. The van der Waals surface area contributed by atoms with Crippen LogP contribution in [0.1, 0.15) is 49.9 Å². The van der Waals surface area contributed by atoms with Crippen molar-refractivity contribution in [2.45, 2.75) is 44.2 Å². The largest absolute Gasteiger partial charge is 0.381 e. The minimum absolute atomic E-state index is 0.0833. The SMILES string of the molecule is CCCC(OC)c1noc(C2COCCC2NC)n1. The highest BCUT2D eigenvalue weighted by molar-refractivity contribution is 5.02. The third kappa shape index (κ3) is 3.32. The Morgan fingerprint density at radius 2 is 2.37 bits per heavy atom. The van der Waals surface area contributed by atoms with Crippen LogP contribution in [0.25, 0.3) is 0 Å². The van der Waals surface area contributed by atoms with Crippen molar-refractivity contribution in [2.24, 2.45) is 0 Å². The van der Waals surface area contributed by atoms with E-state index in [9.17, 15) is 0 Å². The third-order valence-corrected chi connectivity index (χ3v) is 3.63. The van der Waals surface area contributed by atoms with Gasteiger partial charge in [-0.2, -0.15) is 4.98 Å². The fourth-order valence-electron chi connectivity index (χ4n) is 2.47. The Labute approximate surface area is 113 Å².